The number of hydrogen-bond donors (Lipinski definition) is 4. The van der Waals surface area contributed by atoms with Gasteiger partial charge >= 0.3 is 0 Å². The van der Waals surface area contributed by atoms with Gasteiger partial charge in [-0.25, -0.2) is 0 Å². The molecule has 1 heterocycles. The molecule has 0 aromatic heterocycles. The number of rotatable bonds is 9. The Morgan fingerprint density at radius 2 is 1.73 bits per heavy atom. The summed E-state index contributed by atoms with van der Waals surface area (Å²) in [6.07, 6.45) is 4.47. The molecule has 4 N–H and O–H groups in total. The fourth-order valence-corrected chi connectivity index (χ4v) is 4.58. The molecule has 8 nitrogen and oxygen atoms in total. The number of hydrogen-bond acceptors (Lipinski definition) is 8. The number of alkyl halides is 1. The van der Waals surface area contributed by atoms with Crippen LogP contribution >= 0.6 is 11.6 Å². The molecule has 1 aromatic rings. The average molecular weight is 476 g/mol. The minimum atomic E-state index is -0.780. The van der Waals surface area contributed by atoms with Gasteiger partial charge in [-0.15, -0.1) is 11.6 Å². The van der Waals surface area contributed by atoms with Crippen LogP contribution in [0.25, 0.3) is 0 Å². The molecule has 1 fully saturated rings. The van der Waals surface area contributed by atoms with Crippen molar-refractivity contribution in [2.24, 2.45) is 5.92 Å². The number of anilines is 2. The molecule has 0 saturated carbocycles. The number of nitrogens with zero attached hydrogens (tertiary/aromatic N) is 1. The second kappa shape index (κ2) is 10.8. The molecule has 3 atom stereocenters. The Bertz CT molecular complexity index is 958. The van der Waals surface area contributed by atoms with Crippen LogP contribution in [-0.4, -0.2) is 90.7 Å². The lowest BCUT2D eigenvalue weighted by Crippen LogP contribution is -2.42. The second-order valence-corrected chi connectivity index (χ2v) is 8.89. The summed E-state index contributed by atoms with van der Waals surface area (Å²) in [5, 5.41) is 26.6. The number of aliphatic hydroxyl groups is 2. The van der Waals surface area contributed by atoms with E-state index in [0.29, 0.717) is 54.3 Å². The quantitative estimate of drug-likeness (QED) is 0.399. The summed E-state index contributed by atoms with van der Waals surface area (Å²) >= 11 is 5.70. The minimum absolute atomic E-state index is 0.0586. The van der Waals surface area contributed by atoms with Gasteiger partial charge in [-0.05, 0) is 18.6 Å². The Hall–Kier alpha value is -2.23. The van der Waals surface area contributed by atoms with Crippen LogP contribution in [0, 0.1) is 5.92 Å². The van der Waals surface area contributed by atoms with Crippen molar-refractivity contribution in [3.05, 3.63) is 47.1 Å². The van der Waals surface area contributed by atoms with Gasteiger partial charge in [0.1, 0.15) is 0 Å². The molecule has 33 heavy (non-hydrogen) atoms. The first-order valence-corrected chi connectivity index (χ1v) is 11.9. The molecule has 178 valence electrons. The van der Waals surface area contributed by atoms with Crippen molar-refractivity contribution in [1.29, 1.82) is 0 Å². The first-order valence-electron chi connectivity index (χ1n) is 11.3. The van der Waals surface area contributed by atoms with Gasteiger partial charge in [0.25, 0.3) is 0 Å². The molecule has 2 aliphatic carbocycles. The van der Waals surface area contributed by atoms with Crippen molar-refractivity contribution in [1.82, 2.24) is 4.90 Å². The molecule has 1 aliphatic heterocycles. The largest absolute Gasteiger partial charge is 0.390 e. The predicted molar refractivity (Wildman–Crippen MR) is 127 cm³/mol. The van der Waals surface area contributed by atoms with Crippen LogP contribution in [0.5, 0.6) is 0 Å². The van der Waals surface area contributed by atoms with E-state index in [9.17, 15) is 19.8 Å². The monoisotopic (exact) mass is 475 g/mol. The normalized spacial score (nSPS) is 22.3. The fraction of sp³-hybridized carbons (Fsp3) is 0.500. The Balaban J connectivity index is 1.59. The molecule has 3 unspecified atom stereocenters. The standard InChI is InChI=1S/C24H30ClN3O5/c25-11-15(29)12-26-19-5-6-20(27-13-16(30)14-28-7-9-33-10-8-28)22-21(19)23(31)17-3-1-2-4-18(17)24(22)32/h1-2,4-6,15-17,26-27,29-30H,3,7-14H2. The zero-order valence-electron chi connectivity index (χ0n) is 18.4. The molecular weight excluding hydrogens is 446 g/mol. The number of Topliss-reactive ketones (excluding diaryl/α,β-unsaturated/α-hetero) is 2. The summed E-state index contributed by atoms with van der Waals surface area (Å²) in [6.45, 7) is 3.76. The lowest BCUT2D eigenvalue weighted by Gasteiger charge is -2.31. The SMILES string of the molecule is O=C1C2=CC=CCC2C(=O)c2c(NCC(O)CCl)ccc(NCC(O)CN3CCOCC3)c21. The highest BCUT2D eigenvalue weighted by molar-refractivity contribution is 6.27. The van der Waals surface area contributed by atoms with E-state index in [1.54, 1.807) is 24.3 Å². The second-order valence-electron chi connectivity index (χ2n) is 8.58. The van der Waals surface area contributed by atoms with Crippen LogP contribution in [0.4, 0.5) is 11.4 Å². The maximum absolute atomic E-state index is 13.4. The molecule has 9 heteroatoms. The highest BCUT2D eigenvalue weighted by atomic mass is 35.5. The zero-order valence-corrected chi connectivity index (χ0v) is 19.2. The predicted octanol–water partition coefficient (Wildman–Crippen LogP) is 1.68. The van der Waals surface area contributed by atoms with E-state index < -0.39 is 18.1 Å². The summed E-state index contributed by atoms with van der Waals surface area (Å²) in [7, 11) is 0. The van der Waals surface area contributed by atoms with Crippen molar-refractivity contribution in [3.8, 4) is 0 Å². The molecule has 0 spiro atoms. The summed E-state index contributed by atoms with van der Waals surface area (Å²) in [6, 6.07) is 3.47. The number of allylic oxidation sites excluding steroid dienone is 4. The van der Waals surface area contributed by atoms with Gasteiger partial charge in [-0.3, -0.25) is 14.5 Å². The zero-order chi connectivity index (χ0) is 23.4. The smallest absolute Gasteiger partial charge is 0.192 e. The number of aliphatic hydroxyl groups excluding tert-OH is 2. The van der Waals surface area contributed by atoms with Crippen LogP contribution in [0.3, 0.4) is 0 Å². The van der Waals surface area contributed by atoms with E-state index in [-0.39, 0.29) is 30.5 Å². The number of ether oxygens (including phenoxy) is 1. The van der Waals surface area contributed by atoms with Crippen LogP contribution in [-0.2, 0) is 4.74 Å². The topological polar surface area (TPSA) is 111 Å². The van der Waals surface area contributed by atoms with E-state index in [1.807, 2.05) is 6.08 Å². The van der Waals surface area contributed by atoms with Crippen molar-refractivity contribution < 1.29 is 24.5 Å². The summed E-state index contributed by atoms with van der Waals surface area (Å²) in [5.74, 6) is -0.759. The van der Waals surface area contributed by atoms with Crippen LogP contribution in [0.1, 0.15) is 27.1 Å². The molecule has 4 rings (SSSR count). The first kappa shape index (κ1) is 23.9. The number of benzene rings is 1. The number of morpholine rings is 1. The van der Waals surface area contributed by atoms with Crippen LogP contribution < -0.4 is 10.6 Å². The summed E-state index contributed by atoms with van der Waals surface area (Å²) < 4.78 is 5.34. The van der Waals surface area contributed by atoms with Crippen molar-refractivity contribution >= 4 is 34.5 Å². The number of carbonyl (C=O) groups excluding carboxylic acids is 2. The van der Waals surface area contributed by atoms with E-state index in [0.717, 1.165) is 13.1 Å². The Morgan fingerprint density at radius 3 is 2.42 bits per heavy atom. The molecule has 1 aromatic carbocycles. The minimum Gasteiger partial charge on any atom is -0.390 e. The number of nitrogens with one attached hydrogen (secondary N) is 2. The maximum atomic E-state index is 13.4. The molecule has 0 radical (unpaired) electrons. The van der Waals surface area contributed by atoms with Gasteiger partial charge < -0.3 is 25.6 Å². The maximum Gasteiger partial charge on any atom is 0.192 e. The number of ketones is 2. The van der Waals surface area contributed by atoms with Gasteiger partial charge in [0.15, 0.2) is 11.6 Å². The lowest BCUT2D eigenvalue weighted by atomic mass is 9.73. The Kier molecular flexibility index (Phi) is 7.82. The van der Waals surface area contributed by atoms with Gasteiger partial charge in [-0.1, -0.05) is 18.2 Å². The van der Waals surface area contributed by atoms with E-state index in [2.05, 4.69) is 15.5 Å². The van der Waals surface area contributed by atoms with Crippen LogP contribution in [0.2, 0.25) is 0 Å². The molecular formula is C24H30ClN3O5. The fourth-order valence-electron chi connectivity index (χ4n) is 4.48. The van der Waals surface area contributed by atoms with Gasteiger partial charge in [-0.2, -0.15) is 0 Å². The van der Waals surface area contributed by atoms with Gasteiger partial charge in [0.2, 0.25) is 0 Å². The number of fused-ring (bicyclic) bond motifs is 2. The van der Waals surface area contributed by atoms with E-state index in [4.69, 9.17) is 16.3 Å². The molecule has 3 aliphatic rings. The highest BCUT2D eigenvalue weighted by Crippen LogP contribution is 2.40. The molecule has 1 saturated heterocycles. The van der Waals surface area contributed by atoms with Gasteiger partial charge in [0.05, 0.1) is 48.3 Å². The number of carbonyl (C=O) groups is 2. The summed E-state index contributed by atoms with van der Waals surface area (Å²) in [5.41, 5.74) is 2.14. The molecule has 0 bridgehead atoms. The van der Waals surface area contributed by atoms with E-state index in [1.165, 1.54) is 0 Å². The van der Waals surface area contributed by atoms with Crippen LogP contribution in [0.15, 0.2) is 35.9 Å². The lowest BCUT2D eigenvalue weighted by molar-refractivity contribution is 0.0171. The molecule has 0 amide bonds. The highest BCUT2D eigenvalue weighted by Gasteiger charge is 2.40. The average Bonchev–Trinajstić information content (AvgIpc) is 2.85. The third-order valence-electron chi connectivity index (χ3n) is 6.22. The van der Waals surface area contributed by atoms with Crippen molar-refractivity contribution in [2.45, 2.75) is 18.6 Å². The number of β-amino-alcohol motifs (C(OH)–C–C–N with tert-alkyl or cyclic N) is 1. The first-order chi connectivity index (χ1) is 16.0. The third kappa shape index (κ3) is 5.31. The Morgan fingerprint density at radius 1 is 1.06 bits per heavy atom. The Labute approximate surface area is 198 Å². The van der Waals surface area contributed by atoms with Gasteiger partial charge in [0, 0.05) is 49.7 Å². The van der Waals surface area contributed by atoms with E-state index >= 15 is 0 Å². The van der Waals surface area contributed by atoms with Crippen molar-refractivity contribution in [3.63, 3.8) is 0 Å². The summed E-state index contributed by atoms with van der Waals surface area (Å²) in [4.78, 5) is 29.0. The number of halogens is 1. The third-order valence-corrected chi connectivity index (χ3v) is 6.58. The van der Waals surface area contributed by atoms with Crippen molar-refractivity contribution in [2.75, 3.05) is 62.5 Å².